The number of carbonyl (C=O) groups is 2. The zero-order valence-electron chi connectivity index (χ0n) is 15.0. The van der Waals surface area contributed by atoms with Gasteiger partial charge in [-0.1, -0.05) is 12.1 Å². The molecule has 0 saturated carbocycles. The molecule has 8 heteroatoms. The lowest BCUT2D eigenvalue weighted by Gasteiger charge is -2.19. The predicted molar refractivity (Wildman–Crippen MR) is 97.9 cm³/mol. The van der Waals surface area contributed by atoms with Gasteiger partial charge >= 0.3 is 6.03 Å². The molecule has 0 aliphatic carbocycles. The van der Waals surface area contributed by atoms with Crippen LogP contribution in [0.5, 0.6) is 17.2 Å². The molecular weight excluding hydrogens is 353 g/mol. The zero-order chi connectivity index (χ0) is 19.4. The van der Waals surface area contributed by atoms with Crippen LogP contribution in [-0.2, 0) is 11.5 Å². The molecule has 1 aliphatic rings. The number of benzene rings is 2. The number of rotatable bonds is 6. The fourth-order valence-corrected chi connectivity index (χ4v) is 2.70. The first-order valence-electron chi connectivity index (χ1n) is 8.34. The minimum atomic E-state index is -0.611. The second-order valence-corrected chi connectivity index (χ2v) is 6.04. The lowest BCUT2D eigenvalue weighted by molar-refractivity contribution is -0.119. The number of nitrogens with one attached hydrogen (secondary N) is 2. The van der Waals surface area contributed by atoms with Crippen molar-refractivity contribution in [3.8, 4) is 17.2 Å². The summed E-state index contributed by atoms with van der Waals surface area (Å²) in [6.45, 7) is -0.299. The van der Waals surface area contributed by atoms with E-state index in [1.165, 1.54) is 12.0 Å². The molecule has 27 heavy (non-hydrogen) atoms. The highest BCUT2D eigenvalue weighted by Gasteiger charge is 2.33. The second-order valence-electron chi connectivity index (χ2n) is 6.04. The maximum absolute atomic E-state index is 12.6. The van der Waals surface area contributed by atoms with Gasteiger partial charge in [-0.05, 0) is 29.8 Å². The summed E-state index contributed by atoms with van der Waals surface area (Å²) in [4.78, 5) is 25.4. The third-order valence-corrected chi connectivity index (χ3v) is 4.28. The number of amides is 3. The minimum Gasteiger partial charge on any atom is -0.495 e. The first-order valence-corrected chi connectivity index (χ1v) is 8.34. The number of methoxy groups -OCH3 is 1. The van der Waals surface area contributed by atoms with Gasteiger partial charge in [-0.3, -0.25) is 4.79 Å². The molecule has 0 aromatic heterocycles. The van der Waals surface area contributed by atoms with Crippen LogP contribution < -0.4 is 20.1 Å². The lowest BCUT2D eigenvalue weighted by Crippen LogP contribution is -2.40. The van der Waals surface area contributed by atoms with Gasteiger partial charge in [0, 0.05) is 19.7 Å². The predicted octanol–water partition coefficient (Wildman–Crippen LogP) is 2.92. The Morgan fingerprint density at radius 1 is 1.26 bits per heavy atom. The van der Waals surface area contributed by atoms with Crippen LogP contribution in [0.4, 0.5) is 14.9 Å². The van der Waals surface area contributed by atoms with E-state index in [4.69, 9.17) is 9.47 Å². The average molecular weight is 373 g/mol. The maximum atomic E-state index is 12.6. The second kappa shape index (κ2) is 7.94. The molecule has 7 nitrogen and oxygen atoms in total. The van der Waals surface area contributed by atoms with Gasteiger partial charge in [-0.2, -0.15) is 0 Å². The first-order chi connectivity index (χ1) is 13.0. The largest absolute Gasteiger partial charge is 0.495 e. The number of carbonyl (C=O) groups excluding carboxylic acids is 2. The highest BCUT2D eigenvalue weighted by molar-refractivity contribution is 5.99. The van der Waals surface area contributed by atoms with Crippen molar-refractivity contribution in [2.24, 2.45) is 0 Å². The fraction of sp³-hybridized carbons (Fsp3) is 0.263. The molecule has 2 N–H and O–H groups in total. The fourth-order valence-electron chi connectivity index (χ4n) is 2.70. The Hall–Kier alpha value is -3.29. The van der Waals surface area contributed by atoms with Crippen LogP contribution in [0.3, 0.4) is 0 Å². The molecule has 1 unspecified atom stereocenters. The van der Waals surface area contributed by atoms with E-state index in [9.17, 15) is 14.0 Å². The van der Waals surface area contributed by atoms with E-state index in [0.29, 0.717) is 28.5 Å². The molecular formula is C19H20FN3O4. The van der Waals surface area contributed by atoms with Gasteiger partial charge < -0.3 is 25.0 Å². The van der Waals surface area contributed by atoms with Crippen LogP contribution in [0.15, 0.2) is 42.5 Å². The molecule has 1 aliphatic heterocycles. The zero-order valence-corrected chi connectivity index (χ0v) is 15.0. The van der Waals surface area contributed by atoms with Crippen molar-refractivity contribution < 1.29 is 23.5 Å². The Balaban J connectivity index is 1.76. The summed E-state index contributed by atoms with van der Waals surface area (Å²) in [6.07, 6.45) is 0. The van der Waals surface area contributed by atoms with Gasteiger partial charge in [0.25, 0.3) is 0 Å². The summed E-state index contributed by atoms with van der Waals surface area (Å²) >= 11 is 0. The molecule has 142 valence electrons. The summed E-state index contributed by atoms with van der Waals surface area (Å²) < 4.78 is 23.6. The van der Waals surface area contributed by atoms with Crippen LogP contribution >= 0.6 is 0 Å². The van der Waals surface area contributed by atoms with Crippen LogP contribution in [-0.4, -0.2) is 43.6 Å². The van der Waals surface area contributed by atoms with Gasteiger partial charge in [-0.25, -0.2) is 9.18 Å². The quantitative estimate of drug-likeness (QED) is 0.816. The number of alkyl halides is 1. The average Bonchev–Trinajstić information content (AvgIpc) is 3.01. The molecule has 1 fully saturated rings. The summed E-state index contributed by atoms with van der Waals surface area (Å²) in [5.41, 5.74) is 0.988. The van der Waals surface area contributed by atoms with E-state index in [2.05, 4.69) is 10.6 Å². The van der Waals surface area contributed by atoms with Crippen molar-refractivity contribution in [1.82, 2.24) is 10.2 Å². The highest BCUT2D eigenvalue weighted by Crippen LogP contribution is 2.32. The van der Waals surface area contributed by atoms with Gasteiger partial charge in [0.1, 0.15) is 30.0 Å². The Kier molecular flexibility index (Phi) is 5.44. The van der Waals surface area contributed by atoms with Crippen molar-refractivity contribution in [3.63, 3.8) is 0 Å². The van der Waals surface area contributed by atoms with E-state index in [-0.39, 0.29) is 18.5 Å². The third kappa shape index (κ3) is 4.11. The molecule has 1 heterocycles. The van der Waals surface area contributed by atoms with Crippen LogP contribution in [0, 0.1) is 0 Å². The molecule has 2 aromatic carbocycles. The molecule has 1 atom stereocenters. The first kappa shape index (κ1) is 18.5. The summed E-state index contributed by atoms with van der Waals surface area (Å²) in [5.74, 6) is 1.15. The lowest BCUT2D eigenvalue weighted by atomic mass is 10.2. The van der Waals surface area contributed by atoms with Gasteiger partial charge in [0.15, 0.2) is 0 Å². The molecule has 3 amide bonds. The molecule has 0 radical (unpaired) electrons. The SMILES string of the molecule is COc1ccc(Oc2ccc(CF)cc2)cc1NC(=O)C1CNC(=O)N1C. The molecule has 1 saturated heterocycles. The Labute approximate surface area is 156 Å². The number of ether oxygens (including phenoxy) is 2. The van der Waals surface area contributed by atoms with Crippen molar-refractivity contribution in [2.75, 3.05) is 26.0 Å². The smallest absolute Gasteiger partial charge is 0.317 e. The van der Waals surface area contributed by atoms with Crippen LogP contribution in [0.2, 0.25) is 0 Å². The number of anilines is 1. The maximum Gasteiger partial charge on any atom is 0.317 e. The van der Waals surface area contributed by atoms with E-state index in [1.807, 2.05) is 0 Å². The number of halogens is 1. The van der Waals surface area contributed by atoms with Crippen molar-refractivity contribution in [2.45, 2.75) is 12.7 Å². The monoisotopic (exact) mass is 373 g/mol. The standard InChI is InChI=1S/C19H20FN3O4/c1-23-16(11-21-19(23)25)18(24)22-15-9-14(7-8-17(15)26-2)27-13-5-3-12(10-20)4-6-13/h3-9,16H,10-11H2,1-2H3,(H,21,25)(H,22,24). The topological polar surface area (TPSA) is 79.9 Å². The van der Waals surface area contributed by atoms with Crippen molar-refractivity contribution >= 4 is 17.6 Å². The Morgan fingerprint density at radius 2 is 1.96 bits per heavy atom. The number of urea groups is 1. The van der Waals surface area contributed by atoms with E-state index < -0.39 is 12.7 Å². The number of likely N-dealkylation sites (N-methyl/N-ethyl adjacent to an activating group) is 1. The van der Waals surface area contributed by atoms with E-state index in [0.717, 1.165) is 0 Å². The molecule has 0 spiro atoms. The molecule has 0 bridgehead atoms. The minimum absolute atomic E-state index is 0.237. The van der Waals surface area contributed by atoms with Crippen LogP contribution in [0.25, 0.3) is 0 Å². The Morgan fingerprint density at radius 3 is 2.56 bits per heavy atom. The third-order valence-electron chi connectivity index (χ3n) is 4.28. The van der Waals surface area contributed by atoms with E-state index >= 15 is 0 Å². The van der Waals surface area contributed by atoms with Crippen LogP contribution in [0.1, 0.15) is 5.56 Å². The van der Waals surface area contributed by atoms with Gasteiger partial charge in [-0.15, -0.1) is 0 Å². The number of nitrogens with zero attached hydrogens (tertiary/aromatic N) is 1. The Bertz CT molecular complexity index is 841. The summed E-state index contributed by atoms with van der Waals surface area (Å²) in [7, 11) is 3.05. The number of hydrogen-bond acceptors (Lipinski definition) is 4. The van der Waals surface area contributed by atoms with Crippen molar-refractivity contribution in [1.29, 1.82) is 0 Å². The van der Waals surface area contributed by atoms with Gasteiger partial charge in [0.2, 0.25) is 5.91 Å². The highest BCUT2D eigenvalue weighted by atomic mass is 19.1. The summed E-state index contributed by atoms with van der Waals surface area (Å²) in [5, 5.41) is 5.38. The molecule has 3 rings (SSSR count). The molecule has 2 aromatic rings. The normalized spacial score (nSPS) is 16.0. The summed E-state index contributed by atoms with van der Waals surface area (Å²) in [6, 6.07) is 10.7. The van der Waals surface area contributed by atoms with Gasteiger partial charge in [0.05, 0.1) is 12.8 Å². The number of hydrogen-bond donors (Lipinski definition) is 2. The van der Waals surface area contributed by atoms with E-state index in [1.54, 1.807) is 49.5 Å². The van der Waals surface area contributed by atoms with Crippen molar-refractivity contribution in [3.05, 3.63) is 48.0 Å².